The molecule has 0 saturated heterocycles. The highest BCUT2D eigenvalue weighted by Gasteiger charge is 2.35. The van der Waals surface area contributed by atoms with Crippen LogP contribution in [0.4, 0.5) is 13.2 Å². The van der Waals surface area contributed by atoms with Gasteiger partial charge in [0.25, 0.3) is 0 Å². The smallest absolute Gasteiger partial charge is 0.449 e. The molecule has 0 radical (unpaired) electrons. The van der Waals surface area contributed by atoms with E-state index in [2.05, 4.69) is 0 Å². The minimum Gasteiger partial charge on any atom is -0.451 e. The summed E-state index contributed by atoms with van der Waals surface area (Å²) < 4.78 is 42.4. The lowest BCUT2D eigenvalue weighted by Crippen LogP contribution is -2.10. The fourth-order valence-corrected chi connectivity index (χ4v) is 1.98. The van der Waals surface area contributed by atoms with E-state index in [0.717, 1.165) is 18.4 Å². The summed E-state index contributed by atoms with van der Waals surface area (Å²) in [5.74, 6) is -0.845. The van der Waals surface area contributed by atoms with Crippen LogP contribution in [0.3, 0.4) is 0 Å². The lowest BCUT2D eigenvalue weighted by atomic mass is 10.1. The molecule has 0 spiro atoms. The van der Waals surface area contributed by atoms with Gasteiger partial charge in [0, 0.05) is 6.07 Å². The molecule has 18 heavy (non-hydrogen) atoms. The maximum Gasteiger partial charge on any atom is 0.449 e. The number of alkyl halides is 3. The van der Waals surface area contributed by atoms with Crippen LogP contribution in [0.1, 0.15) is 30.1 Å². The average Bonchev–Trinajstić information content (AvgIpc) is 3.10. The summed E-state index contributed by atoms with van der Waals surface area (Å²) in [6, 6.07) is 5.36. The molecule has 0 atom stereocenters. The summed E-state index contributed by atoms with van der Waals surface area (Å²) in [6.07, 6.45) is -2.56. The van der Waals surface area contributed by atoms with Gasteiger partial charge in [-0.15, -0.1) is 0 Å². The van der Waals surface area contributed by atoms with Gasteiger partial charge in [-0.05, 0) is 36.5 Å². The fourth-order valence-electron chi connectivity index (χ4n) is 1.98. The maximum absolute atomic E-state index is 12.5. The number of rotatable bonds is 1. The Kier molecular flexibility index (Phi) is 2.27. The maximum atomic E-state index is 12.5. The highest BCUT2D eigenvalue weighted by Crippen LogP contribution is 2.41. The second kappa shape index (κ2) is 3.60. The summed E-state index contributed by atoms with van der Waals surface area (Å²) in [6.45, 7) is 0. The quantitative estimate of drug-likeness (QED) is 0.776. The predicted molar refractivity (Wildman–Crippen MR) is 59.5 cm³/mol. The fraction of sp³-hybridized carbons (Fsp3) is 0.308. The van der Waals surface area contributed by atoms with Crippen molar-refractivity contribution in [2.75, 3.05) is 0 Å². The largest absolute Gasteiger partial charge is 0.451 e. The monoisotopic (exact) mass is 254 g/mol. The van der Waals surface area contributed by atoms with E-state index in [-0.39, 0.29) is 11.0 Å². The molecular formula is C13H9F3O2. The molecule has 1 aromatic carbocycles. The van der Waals surface area contributed by atoms with Crippen LogP contribution in [0.5, 0.6) is 0 Å². The Balaban J connectivity index is 2.23. The first kappa shape index (κ1) is 11.3. The van der Waals surface area contributed by atoms with Gasteiger partial charge in [-0.2, -0.15) is 13.2 Å². The van der Waals surface area contributed by atoms with Crippen LogP contribution in [0.15, 0.2) is 33.5 Å². The molecule has 1 saturated carbocycles. The molecule has 2 aromatic rings. The Hall–Kier alpha value is -1.78. The first-order valence-electron chi connectivity index (χ1n) is 5.60. The zero-order valence-corrected chi connectivity index (χ0v) is 9.25. The molecule has 1 aliphatic rings. The minimum atomic E-state index is -4.64. The normalized spacial score (nSPS) is 16.2. The van der Waals surface area contributed by atoms with Gasteiger partial charge in [-0.25, -0.2) is 0 Å². The van der Waals surface area contributed by atoms with E-state index in [4.69, 9.17) is 4.42 Å². The van der Waals surface area contributed by atoms with E-state index in [9.17, 15) is 18.0 Å². The molecule has 1 heterocycles. The Morgan fingerprint density at radius 2 is 1.89 bits per heavy atom. The van der Waals surface area contributed by atoms with Gasteiger partial charge in [0.2, 0.25) is 5.76 Å². The number of fused-ring (bicyclic) bond motifs is 1. The number of benzene rings is 1. The molecule has 0 N–H and O–H groups in total. The van der Waals surface area contributed by atoms with Crippen molar-refractivity contribution in [1.29, 1.82) is 0 Å². The van der Waals surface area contributed by atoms with E-state index in [1.54, 1.807) is 12.1 Å². The molecule has 5 heteroatoms. The average molecular weight is 254 g/mol. The lowest BCUT2D eigenvalue weighted by Gasteiger charge is -2.07. The molecule has 1 aliphatic carbocycles. The summed E-state index contributed by atoms with van der Waals surface area (Å²) in [4.78, 5) is 11.6. The second-order valence-corrected chi connectivity index (χ2v) is 4.50. The molecule has 94 valence electrons. The molecule has 0 unspecified atom stereocenters. The first-order chi connectivity index (χ1) is 8.45. The molecule has 1 aromatic heterocycles. The van der Waals surface area contributed by atoms with Crippen LogP contribution in [0.2, 0.25) is 0 Å². The zero-order chi connectivity index (χ0) is 12.9. The first-order valence-corrected chi connectivity index (χ1v) is 5.60. The standard InChI is InChI=1S/C13H9F3O2/c14-13(15,16)12-6-10(17)9-4-3-8(7-1-2-7)5-11(9)18-12/h3-7H,1-2H2. The summed E-state index contributed by atoms with van der Waals surface area (Å²) in [5.41, 5.74) is 0.287. The van der Waals surface area contributed by atoms with Crippen LogP contribution in [-0.2, 0) is 6.18 Å². The van der Waals surface area contributed by atoms with Gasteiger partial charge in [0.1, 0.15) is 5.58 Å². The van der Waals surface area contributed by atoms with Crippen molar-refractivity contribution in [3.8, 4) is 0 Å². The third kappa shape index (κ3) is 1.89. The van der Waals surface area contributed by atoms with Gasteiger partial charge in [0.15, 0.2) is 5.43 Å². The van der Waals surface area contributed by atoms with Gasteiger partial charge < -0.3 is 4.42 Å². The van der Waals surface area contributed by atoms with Crippen molar-refractivity contribution in [3.63, 3.8) is 0 Å². The van der Waals surface area contributed by atoms with Crippen LogP contribution >= 0.6 is 0 Å². The second-order valence-electron chi connectivity index (χ2n) is 4.50. The SMILES string of the molecule is O=c1cc(C(F)(F)F)oc2cc(C3CC3)ccc12. The van der Waals surface area contributed by atoms with Gasteiger partial charge in [-0.1, -0.05) is 6.07 Å². The molecule has 1 fully saturated rings. The Bertz CT molecular complexity index is 666. The van der Waals surface area contributed by atoms with Crippen LogP contribution < -0.4 is 5.43 Å². The summed E-state index contributed by atoms with van der Waals surface area (Å²) in [7, 11) is 0. The van der Waals surface area contributed by atoms with Crippen molar-refractivity contribution in [1.82, 2.24) is 0 Å². The van der Waals surface area contributed by atoms with E-state index in [0.29, 0.717) is 12.0 Å². The number of hydrogen-bond donors (Lipinski definition) is 0. The predicted octanol–water partition coefficient (Wildman–Crippen LogP) is 3.69. The van der Waals surface area contributed by atoms with Crippen molar-refractivity contribution in [2.24, 2.45) is 0 Å². The Morgan fingerprint density at radius 1 is 1.17 bits per heavy atom. The minimum absolute atomic E-state index is 0.0132. The van der Waals surface area contributed by atoms with E-state index >= 15 is 0 Å². The van der Waals surface area contributed by atoms with Gasteiger partial charge in [-0.3, -0.25) is 4.79 Å². The van der Waals surface area contributed by atoms with Crippen LogP contribution in [0.25, 0.3) is 11.0 Å². The highest BCUT2D eigenvalue weighted by atomic mass is 19.4. The van der Waals surface area contributed by atoms with Crippen molar-refractivity contribution >= 4 is 11.0 Å². The molecule has 0 amide bonds. The molecular weight excluding hydrogens is 245 g/mol. The molecule has 0 aliphatic heterocycles. The van der Waals surface area contributed by atoms with Crippen molar-refractivity contribution in [2.45, 2.75) is 24.9 Å². The molecule has 0 bridgehead atoms. The molecule has 2 nitrogen and oxygen atoms in total. The third-order valence-corrected chi connectivity index (χ3v) is 3.08. The summed E-state index contributed by atoms with van der Waals surface area (Å²) >= 11 is 0. The van der Waals surface area contributed by atoms with Crippen molar-refractivity contribution < 1.29 is 17.6 Å². The highest BCUT2D eigenvalue weighted by molar-refractivity contribution is 5.77. The topological polar surface area (TPSA) is 30.2 Å². The third-order valence-electron chi connectivity index (χ3n) is 3.08. The number of hydrogen-bond acceptors (Lipinski definition) is 2. The van der Waals surface area contributed by atoms with E-state index in [1.807, 2.05) is 0 Å². The lowest BCUT2D eigenvalue weighted by molar-refractivity contribution is -0.152. The van der Waals surface area contributed by atoms with Crippen molar-refractivity contribution in [3.05, 3.63) is 45.8 Å². The van der Waals surface area contributed by atoms with E-state index in [1.165, 1.54) is 6.07 Å². The van der Waals surface area contributed by atoms with E-state index < -0.39 is 17.4 Å². The van der Waals surface area contributed by atoms with Gasteiger partial charge >= 0.3 is 6.18 Å². The number of halogens is 3. The van der Waals surface area contributed by atoms with Crippen LogP contribution in [0, 0.1) is 0 Å². The summed E-state index contributed by atoms with van der Waals surface area (Å²) in [5, 5.41) is 0.187. The van der Waals surface area contributed by atoms with Gasteiger partial charge in [0.05, 0.1) is 5.39 Å². The van der Waals surface area contributed by atoms with Crippen LogP contribution in [-0.4, -0.2) is 0 Å². The Morgan fingerprint density at radius 3 is 2.50 bits per heavy atom. The Labute approximate surface area is 100 Å². The zero-order valence-electron chi connectivity index (χ0n) is 9.25. The molecule has 3 rings (SSSR count).